The van der Waals surface area contributed by atoms with Crippen molar-refractivity contribution < 1.29 is 18.7 Å². The van der Waals surface area contributed by atoms with Gasteiger partial charge >= 0.3 is 0 Å². The standard InChI is InChI=1S/C15H21F2NO2/c1-10(2)18(9-11(3)19)14(20)8-7-12-5-4-6-13(16)15(12)17/h4-6,10-11,19H,7-9H2,1-3H3. The van der Waals surface area contributed by atoms with Gasteiger partial charge in [-0.25, -0.2) is 8.78 Å². The molecule has 0 aromatic heterocycles. The zero-order valence-corrected chi connectivity index (χ0v) is 12.1. The Balaban J connectivity index is 2.67. The van der Waals surface area contributed by atoms with Gasteiger partial charge in [-0.15, -0.1) is 0 Å². The fourth-order valence-electron chi connectivity index (χ4n) is 2.01. The van der Waals surface area contributed by atoms with Crippen molar-refractivity contribution in [1.29, 1.82) is 0 Å². The fraction of sp³-hybridized carbons (Fsp3) is 0.533. The summed E-state index contributed by atoms with van der Waals surface area (Å²) in [6, 6.07) is 3.90. The highest BCUT2D eigenvalue weighted by atomic mass is 19.2. The predicted molar refractivity (Wildman–Crippen MR) is 73.2 cm³/mol. The van der Waals surface area contributed by atoms with E-state index in [-0.39, 0.29) is 36.9 Å². The van der Waals surface area contributed by atoms with E-state index < -0.39 is 17.7 Å². The Labute approximate surface area is 118 Å². The van der Waals surface area contributed by atoms with Crippen LogP contribution in [0.1, 0.15) is 32.8 Å². The van der Waals surface area contributed by atoms with Crippen LogP contribution in [0.5, 0.6) is 0 Å². The first-order valence-corrected chi connectivity index (χ1v) is 6.73. The second kappa shape index (κ2) is 7.33. The molecular weight excluding hydrogens is 264 g/mol. The van der Waals surface area contributed by atoms with Crippen molar-refractivity contribution >= 4 is 5.91 Å². The lowest BCUT2D eigenvalue weighted by atomic mass is 10.1. The molecule has 0 aliphatic heterocycles. The largest absolute Gasteiger partial charge is 0.392 e. The Hall–Kier alpha value is -1.49. The quantitative estimate of drug-likeness (QED) is 0.872. The van der Waals surface area contributed by atoms with Gasteiger partial charge < -0.3 is 10.0 Å². The number of carbonyl (C=O) groups excluding carboxylic acids is 1. The normalized spacial score (nSPS) is 12.6. The van der Waals surface area contributed by atoms with E-state index in [1.165, 1.54) is 12.1 Å². The molecule has 0 saturated carbocycles. The third-order valence-corrected chi connectivity index (χ3v) is 3.04. The summed E-state index contributed by atoms with van der Waals surface area (Å²) in [6.45, 7) is 5.54. The van der Waals surface area contributed by atoms with Gasteiger partial charge in [0.2, 0.25) is 5.91 Å². The van der Waals surface area contributed by atoms with Gasteiger partial charge in [-0.3, -0.25) is 4.79 Å². The van der Waals surface area contributed by atoms with Crippen LogP contribution < -0.4 is 0 Å². The number of hydrogen-bond donors (Lipinski definition) is 1. The van der Waals surface area contributed by atoms with Crippen LogP contribution in [-0.4, -0.2) is 34.6 Å². The summed E-state index contributed by atoms with van der Waals surface area (Å²) in [5.74, 6) is -1.98. The first-order valence-electron chi connectivity index (χ1n) is 6.73. The number of nitrogens with zero attached hydrogens (tertiary/aromatic N) is 1. The minimum Gasteiger partial charge on any atom is -0.392 e. The third-order valence-electron chi connectivity index (χ3n) is 3.04. The summed E-state index contributed by atoms with van der Waals surface area (Å²) in [7, 11) is 0. The van der Waals surface area contributed by atoms with Crippen molar-refractivity contribution in [1.82, 2.24) is 4.90 Å². The summed E-state index contributed by atoms with van der Waals surface area (Å²) in [4.78, 5) is 13.6. The van der Waals surface area contributed by atoms with Crippen LogP contribution in [-0.2, 0) is 11.2 Å². The molecule has 1 aromatic carbocycles. The lowest BCUT2D eigenvalue weighted by Crippen LogP contribution is -2.41. The SMILES string of the molecule is CC(O)CN(C(=O)CCc1cccc(F)c1F)C(C)C. The minimum absolute atomic E-state index is 0.0468. The number of halogens is 2. The number of aliphatic hydroxyl groups is 1. The summed E-state index contributed by atoms with van der Waals surface area (Å²) < 4.78 is 26.5. The number of aliphatic hydroxyl groups excluding tert-OH is 1. The van der Waals surface area contributed by atoms with Crippen LogP contribution in [0.2, 0.25) is 0 Å². The van der Waals surface area contributed by atoms with Crippen LogP contribution in [0.3, 0.4) is 0 Å². The number of rotatable bonds is 6. The molecule has 20 heavy (non-hydrogen) atoms. The smallest absolute Gasteiger partial charge is 0.223 e. The Kier molecular flexibility index (Phi) is 6.07. The van der Waals surface area contributed by atoms with Crippen LogP contribution in [0.15, 0.2) is 18.2 Å². The molecule has 1 aromatic rings. The molecule has 1 rings (SSSR count). The highest BCUT2D eigenvalue weighted by molar-refractivity contribution is 5.76. The van der Waals surface area contributed by atoms with E-state index in [0.717, 1.165) is 6.07 Å². The average Bonchev–Trinajstić information content (AvgIpc) is 2.37. The van der Waals surface area contributed by atoms with Gasteiger partial charge in [0.1, 0.15) is 0 Å². The highest BCUT2D eigenvalue weighted by Crippen LogP contribution is 2.14. The van der Waals surface area contributed by atoms with Crippen LogP contribution >= 0.6 is 0 Å². The Bertz CT molecular complexity index is 461. The molecular formula is C15H21F2NO2. The van der Waals surface area contributed by atoms with E-state index in [1.54, 1.807) is 11.8 Å². The van der Waals surface area contributed by atoms with E-state index in [4.69, 9.17) is 0 Å². The summed E-state index contributed by atoms with van der Waals surface area (Å²) in [6.07, 6.45) is -0.385. The summed E-state index contributed by atoms with van der Waals surface area (Å²) in [5, 5.41) is 9.38. The molecule has 0 radical (unpaired) electrons. The molecule has 0 aliphatic carbocycles. The molecule has 1 amide bonds. The van der Waals surface area contributed by atoms with E-state index in [2.05, 4.69) is 0 Å². The molecule has 3 nitrogen and oxygen atoms in total. The maximum absolute atomic E-state index is 13.5. The van der Waals surface area contributed by atoms with Crippen LogP contribution in [0, 0.1) is 11.6 Å². The van der Waals surface area contributed by atoms with Gasteiger partial charge in [-0.05, 0) is 38.8 Å². The third kappa shape index (κ3) is 4.56. The van der Waals surface area contributed by atoms with Crippen molar-refractivity contribution in [2.75, 3.05) is 6.54 Å². The number of benzene rings is 1. The molecule has 0 bridgehead atoms. The lowest BCUT2D eigenvalue weighted by molar-refractivity contribution is -0.134. The second-order valence-corrected chi connectivity index (χ2v) is 5.20. The van der Waals surface area contributed by atoms with E-state index >= 15 is 0 Å². The Morgan fingerprint density at radius 2 is 1.95 bits per heavy atom. The minimum atomic E-state index is -0.903. The zero-order chi connectivity index (χ0) is 15.3. The molecule has 1 atom stereocenters. The van der Waals surface area contributed by atoms with Gasteiger partial charge in [-0.1, -0.05) is 12.1 Å². The topological polar surface area (TPSA) is 40.5 Å². The second-order valence-electron chi connectivity index (χ2n) is 5.20. The molecule has 5 heteroatoms. The molecule has 1 unspecified atom stereocenters. The maximum Gasteiger partial charge on any atom is 0.223 e. The Morgan fingerprint density at radius 3 is 2.50 bits per heavy atom. The molecule has 0 fully saturated rings. The van der Waals surface area contributed by atoms with Crippen molar-refractivity contribution in [3.8, 4) is 0 Å². The van der Waals surface area contributed by atoms with Gasteiger partial charge in [0.15, 0.2) is 11.6 Å². The number of aryl methyl sites for hydroxylation is 1. The summed E-state index contributed by atoms with van der Waals surface area (Å²) in [5.41, 5.74) is 0.194. The van der Waals surface area contributed by atoms with Gasteiger partial charge in [0.05, 0.1) is 6.10 Å². The molecule has 0 heterocycles. The van der Waals surface area contributed by atoms with E-state index in [0.29, 0.717) is 0 Å². The lowest BCUT2D eigenvalue weighted by Gasteiger charge is -2.28. The first kappa shape index (κ1) is 16.6. The molecule has 1 N–H and O–H groups in total. The number of carbonyl (C=O) groups is 1. The van der Waals surface area contributed by atoms with Gasteiger partial charge in [0.25, 0.3) is 0 Å². The molecule has 0 spiro atoms. The van der Waals surface area contributed by atoms with Gasteiger partial charge in [0, 0.05) is 19.0 Å². The summed E-state index contributed by atoms with van der Waals surface area (Å²) >= 11 is 0. The molecule has 112 valence electrons. The van der Waals surface area contributed by atoms with Gasteiger partial charge in [-0.2, -0.15) is 0 Å². The monoisotopic (exact) mass is 285 g/mol. The molecule has 0 aliphatic rings. The Morgan fingerprint density at radius 1 is 1.30 bits per heavy atom. The molecule has 0 saturated heterocycles. The predicted octanol–water partition coefficient (Wildman–Crippen LogP) is 2.52. The van der Waals surface area contributed by atoms with Crippen LogP contribution in [0.25, 0.3) is 0 Å². The number of hydrogen-bond acceptors (Lipinski definition) is 2. The van der Waals surface area contributed by atoms with E-state index in [1.807, 2.05) is 13.8 Å². The van der Waals surface area contributed by atoms with E-state index in [9.17, 15) is 18.7 Å². The van der Waals surface area contributed by atoms with Crippen molar-refractivity contribution in [2.24, 2.45) is 0 Å². The van der Waals surface area contributed by atoms with Crippen molar-refractivity contribution in [2.45, 2.75) is 45.8 Å². The maximum atomic E-state index is 13.5. The van der Waals surface area contributed by atoms with Crippen LogP contribution in [0.4, 0.5) is 8.78 Å². The zero-order valence-electron chi connectivity index (χ0n) is 12.1. The van der Waals surface area contributed by atoms with Crippen molar-refractivity contribution in [3.63, 3.8) is 0 Å². The fourth-order valence-corrected chi connectivity index (χ4v) is 2.01. The first-order chi connectivity index (χ1) is 9.32. The van der Waals surface area contributed by atoms with Crippen molar-refractivity contribution in [3.05, 3.63) is 35.4 Å². The highest BCUT2D eigenvalue weighted by Gasteiger charge is 2.19. The average molecular weight is 285 g/mol. The number of amides is 1.